The van der Waals surface area contributed by atoms with Gasteiger partial charge in [-0.1, -0.05) is 23.2 Å². The van der Waals surface area contributed by atoms with Crippen molar-refractivity contribution in [1.29, 1.82) is 0 Å². The van der Waals surface area contributed by atoms with E-state index in [-0.39, 0.29) is 12.5 Å². The molecule has 0 aliphatic carbocycles. The van der Waals surface area contributed by atoms with E-state index in [1.807, 2.05) is 0 Å². The van der Waals surface area contributed by atoms with Crippen LogP contribution in [-0.4, -0.2) is 30.4 Å². The molecule has 1 unspecified atom stereocenters. The topological polar surface area (TPSA) is 72.0 Å². The number of benzene rings is 1. The Balaban J connectivity index is 1.73. The third-order valence-corrected chi connectivity index (χ3v) is 4.22. The SMILES string of the molecule is CC1(C)OCC(C(=O)NC2=Nc3ccc(Cl)c(Cl)c3CN2)O1. The molecule has 1 amide bonds. The molecule has 0 saturated carbocycles. The van der Waals surface area contributed by atoms with Crippen LogP contribution in [-0.2, 0) is 20.8 Å². The molecule has 118 valence electrons. The van der Waals surface area contributed by atoms with Gasteiger partial charge in [-0.05, 0) is 26.0 Å². The first-order chi connectivity index (χ1) is 10.4. The summed E-state index contributed by atoms with van der Waals surface area (Å²) in [5, 5.41) is 6.63. The molecule has 1 fully saturated rings. The standard InChI is InChI=1S/C14H15Cl2N3O3/c1-14(2)21-6-10(22-14)12(20)19-13-17-5-7-9(18-13)4-3-8(15)11(7)16/h3-4,10H,5-6H2,1-2H3,(H2,17,18,19,20). The van der Waals surface area contributed by atoms with E-state index in [9.17, 15) is 4.79 Å². The van der Waals surface area contributed by atoms with Crippen molar-refractivity contribution in [2.75, 3.05) is 6.61 Å². The predicted octanol–water partition coefficient (Wildman–Crippen LogP) is 2.35. The first-order valence-corrected chi connectivity index (χ1v) is 7.53. The van der Waals surface area contributed by atoms with Gasteiger partial charge in [0.2, 0.25) is 5.96 Å². The summed E-state index contributed by atoms with van der Waals surface area (Å²) in [6, 6.07) is 3.43. The fourth-order valence-electron chi connectivity index (χ4n) is 2.27. The van der Waals surface area contributed by atoms with Crippen molar-refractivity contribution in [3.8, 4) is 0 Å². The largest absolute Gasteiger partial charge is 0.352 e. The lowest BCUT2D eigenvalue weighted by molar-refractivity contribution is -0.152. The number of nitrogens with one attached hydrogen (secondary N) is 2. The van der Waals surface area contributed by atoms with E-state index in [0.29, 0.717) is 28.2 Å². The summed E-state index contributed by atoms with van der Waals surface area (Å²) in [5.41, 5.74) is 1.47. The van der Waals surface area contributed by atoms with Gasteiger partial charge in [-0.25, -0.2) is 4.99 Å². The number of hydrogen-bond donors (Lipinski definition) is 2. The maximum Gasteiger partial charge on any atom is 0.258 e. The third kappa shape index (κ3) is 3.05. The Morgan fingerprint density at radius 1 is 1.45 bits per heavy atom. The Hall–Kier alpha value is -1.34. The summed E-state index contributed by atoms with van der Waals surface area (Å²) in [4.78, 5) is 16.5. The van der Waals surface area contributed by atoms with Gasteiger partial charge in [-0.2, -0.15) is 0 Å². The molecule has 1 aromatic rings. The fraction of sp³-hybridized carbons (Fsp3) is 0.429. The number of rotatable bonds is 1. The zero-order valence-electron chi connectivity index (χ0n) is 12.1. The van der Waals surface area contributed by atoms with Crippen molar-refractivity contribution in [3.05, 3.63) is 27.7 Å². The minimum atomic E-state index is -0.749. The molecule has 2 heterocycles. The van der Waals surface area contributed by atoms with Crippen LogP contribution < -0.4 is 10.6 Å². The second-order valence-electron chi connectivity index (χ2n) is 5.48. The molecule has 6 nitrogen and oxygen atoms in total. The number of carbonyl (C=O) groups is 1. The van der Waals surface area contributed by atoms with Gasteiger partial charge < -0.3 is 14.8 Å². The Kier molecular flexibility index (Phi) is 4.03. The van der Waals surface area contributed by atoms with Crippen LogP contribution in [0.25, 0.3) is 0 Å². The number of fused-ring (bicyclic) bond motifs is 1. The van der Waals surface area contributed by atoms with Crippen LogP contribution in [0.4, 0.5) is 5.69 Å². The molecule has 8 heteroatoms. The third-order valence-electron chi connectivity index (χ3n) is 3.38. The Labute approximate surface area is 137 Å². The molecular weight excluding hydrogens is 329 g/mol. The van der Waals surface area contributed by atoms with E-state index in [1.165, 1.54) is 0 Å². The zero-order chi connectivity index (χ0) is 15.9. The quantitative estimate of drug-likeness (QED) is 0.820. The van der Waals surface area contributed by atoms with Crippen molar-refractivity contribution in [2.45, 2.75) is 32.3 Å². The van der Waals surface area contributed by atoms with Crippen LogP contribution in [0.5, 0.6) is 0 Å². The van der Waals surface area contributed by atoms with E-state index < -0.39 is 11.9 Å². The van der Waals surface area contributed by atoms with Gasteiger partial charge >= 0.3 is 0 Å². The molecular formula is C14H15Cl2N3O3. The van der Waals surface area contributed by atoms with Crippen LogP contribution in [0.1, 0.15) is 19.4 Å². The molecule has 1 atom stereocenters. The monoisotopic (exact) mass is 343 g/mol. The summed E-state index contributed by atoms with van der Waals surface area (Å²) in [6.45, 7) is 4.17. The van der Waals surface area contributed by atoms with Crippen molar-refractivity contribution in [2.24, 2.45) is 4.99 Å². The molecule has 3 rings (SSSR count). The summed E-state index contributed by atoms with van der Waals surface area (Å²) in [5.74, 6) is -0.703. The number of guanidine groups is 1. The Bertz CT molecular complexity index is 661. The summed E-state index contributed by atoms with van der Waals surface area (Å²) in [6.07, 6.45) is -0.658. The lowest BCUT2D eigenvalue weighted by Crippen LogP contribution is -2.47. The maximum atomic E-state index is 12.2. The van der Waals surface area contributed by atoms with Gasteiger partial charge in [-0.15, -0.1) is 0 Å². The van der Waals surface area contributed by atoms with Crippen molar-refractivity contribution in [1.82, 2.24) is 10.6 Å². The number of aliphatic imine (C=N–C) groups is 1. The summed E-state index contributed by atoms with van der Waals surface area (Å²) >= 11 is 12.1. The van der Waals surface area contributed by atoms with Gasteiger partial charge in [0.1, 0.15) is 0 Å². The normalized spacial score (nSPS) is 22.5. The van der Waals surface area contributed by atoms with Crippen LogP contribution >= 0.6 is 23.2 Å². The first kappa shape index (κ1) is 15.6. The second-order valence-corrected chi connectivity index (χ2v) is 6.26. The summed E-state index contributed by atoms with van der Waals surface area (Å²) in [7, 11) is 0. The first-order valence-electron chi connectivity index (χ1n) is 6.78. The van der Waals surface area contributed by atoms with Crippen molar-refractivity contribution in [3.63, 3.8) is 0 Å². The van der Waals surface area contributed by atoms with E-state index in [0.717, 1.165) is 5.56 Å². The van der Waals surface area contributed by atoms with Crippen LogP contribution in [0.2, 0.25) is 10.0 Å². The molecule has 1 aromatic carbocycles. The highest BCUT2D eigenvalue weighted by Crippen LogP contribution is 2.34. The molecule has 22 heavy (non-hydrogen) atoms. The minimum Gasteiger partial charge on any atom is -0.352 e. The van der Waals surface area contributed by atoms with Crippen LogP contribution in [0.3, 0.4) is 0 Å². The van der Waals surface area contributed by atoms with Gasteiger partial charge in [0.25, 0.3) is 5.91 Å². The van der Waals surface area contributed by atoms with Crippen LogP contribution in [0.15, 0.2) is 17.1 Å². The van der Waals surface area contributed by atoms with Gasteiger partial charge in [0.15, 0.2) is 11.9 Å². The minimum absolute atomic E-state index is 0.212. The molecule has 0 radical (unpaired) electrons. The molecule has 2 aliphatic heterocycles. The average molecular weight is 344 g/mol. The molecule has 0 aromatic heterocycles. The predicted molar refractivity (Wildman–Crippen MR) is 83.4 cm³/mol. The highest BCUT2D eigenvalue weighted by molar-refractivity contribution is 6.42. The van der Waals surface area contributed by atoms with E-state index in [2.05, 4.69) is 15.6 Å². The fourth-order valence-corrected chi connectivity index (χ4v) is 2.68. The van der Waals surface area contributed by atoms with E-state index in [4.69, 9.17) is 32.7 Å². The Morgan fingerprint density at radius 3 is 2.91 bits per heavy atom. The molecule has 2 N–H and O–H groups in total. The van der Waals surface area contributed by atoms with Gasteiger partial charge in [0, 0.05) is 12.1 Å². The average Bonchev–Trinajstić information content (AvgIpc) is 2.83. The number of nitrogens with zero attached hydrogens (tertiary/aromatic N) is 1. The number of carbonyl (C=O) groups excluding carboxylic acids is 1. The molecule has 1 saturated heterocycles. The number of amides is 1. The number of hydrogen-bond acceptors (Lipinski definition) is 5. The highest BCUT2D eigenvalue weighted by Gasteiger charge is 2.37. The number of halogens is 2. The lowest BCUT2D eigenvalue weighted by Gasteiger charge is -2.21. The summed E-state index contributed by atoms with van der Waals surface area (Å²) < 4.78 is 10.9. The molecule has 0 bridgehead atoms. The lowest BCUT2D eigenvalue weighted by atomic mass is 10.1. The molecule has 0 spiro atoms. The molecule has 2 aliphatic rings. The smallest absolute Gasteiger partial charge is 0.258 e. The van der Waals surface area contributed by atoms with Gasteiger partial charge in [-0.3, -0.25) is 10.1 Å². The maximum absolute atomic E-state index is 12.2. The second kappa shape index (κ2) is 5.70. The van der Waals surface area contributed by atoms with Crippen LogP contribution in [0, 0.1) is 0 Å². The highest BCUT2D eigenvalue weighted by atomic mass is 35.5. The van der Waals surface area contributed by atoms with E-state index >= 15 is 0 Å². The number of ether oxygens (including phenoxy) is 2. The van der Waals surface area contributed by atoms with Crippen molar-refractivity contribution < 1.29 is 14.3 Å². The van der Waals surface area contributed by atoms with E-state index in [1.54, 1.807) is 26.0 Å². The zero-order valence-corrected chi connectivity index (χ0v) is 13.6. The Morgan fingerprint density at radius 2 is 2.23 bits per heavy atom. The van der Waals surface area contributed by atoms with Gasteiger partial charge in [0.05, 0.1) is 22.3 Å². The van der Waals surface area contributed by atoms with Crippen molar-refractivity contribution >= 4 is 40.8 Å².